The van der Waals surface area contributed by atoms with Crippen molar-refractivity contribution in [2.45, 2.75) is 32.8 Å². The maximum absolute atomic E-state index is 12.2. The molecule has 0 saturated heterocycles. The third-order valence-corrected chi connectivity index (χ3v) is 2.80. The Labute approximate surface area is 142 Å². The van der Waals surface area contributed by atoms with Gasteiger partial charge >= 0.3 is 5.97 Å². The summed E-state index contributed by atoms with van der Waals surface area (Å²) in [6, 6.07) is 1.56. The Hall–Kier alpha value is -2.16. The molecule has 0 radical (unpaired) electrons. The van der Waals surface area contributed by atoms with Gasteiger partial charge in [0.05, 0.1) is 7.11 Å². The Balaban J connectivity index is 2.80. The highest BCUT2D eigenvalue weighted by atomic mass is 79.9. The number of oxime groups is 1. The molecule has 0 aliphatic heterocycles. The molecule has 0 saturated carbocycles. The summed E-state index contributed by atoms with van der Waals surface area (Å²) in [5.74, 6) is -1.34. The zero-order valence-electron chi connectivity index (χ0n) is 13.2. The van der Waals surface area contributed by atoms with Gasteiger partial charge in [-0.15, -0.1) is 0 Å². The van der Waals surface area contributed by atoms with E-state index in [4.69, 9.17) is 14.7 Å². The van der Waals surface area contributed by atoms with Crippen molar-refractivity contribution in [3.8, 4) is 5.75 Å². The first-order valence-electron chi connectivity index (χ1n) is 6.60. The van der Waals surface area contributed by atoms with Crippen molar-refractivity contribution in [3.05, 3.63) is 22.4 Å². The summed E-state index contributed by atoms with van der Waals surface area (Å²) in [4.78, 5) is 27.8. The van der Waals surface area contributed by atoms with E-state index in [2.05, 4.69) is 31.4 Å². The normalized spacial score (nSPS) is 11.8. The zero-order valence-corrected chi connectivity index (χ0v) is 14.8. The second-order valence-corrected chi connectivity index (χ2v) is 6.38. The number of carbonyl (C=O) groups excluding carboxylic acids is 2. The number of methoxy groups -OCH3 is 1. The van der Waals surface area contributed by atoms with Crippen molar-refractivity contribution in [2.75, 3.05) is 7.11 Å². The van der Waals surface area contributed by atoms with Crippen molar-refractivity contribution in [3.63, 3.8) is 0 Å². The Morgan fingerprint density at radius 3 is 2.61 bits per heavy atom. The maximum atomic E-state index is 12.2. The van der Waals surface area contributed by atoms with Crippen molar-refractivity contribution in [1.82, 2.24) is 10.3 Å². The molecule has 23 heavy (non-hydrogen) atoms. The average Bonchev–Trinajstić information content (AvgIpc) is 2.44. The minimum absolute atomic E-state index is 0.0129. The molecule has 1 amide bonds. The van der Waals surface area contributed by atoms with Crippen LogP contribution in [0.1, 0.15) is 37.7 Å². The number of nitrogens with one attached hydrogen (secondary N) is 1. The Kier molecular flexibility index (Phi) is 6.49. The third-order valence-electron chi connectivity index (χ3n) is 2.36. The molecule has 126 valence electrons. The van der Waals surface area contributed by atoms with Crippen LogP contribution in [-0.2, 0) is 9.53 Å². The summed E-state index contributed by atoms with van der Waals surface area (Å²) in [7, 11) is 1.39. The molecule has 2 N–H and O–H groups in total. The third kappa shape index (κ3) is 6.23. The minimum atomic E-state index is -0.682. The van der Waals surface area contributed by atoms with Crippen LogP contribution in [0.5, 0.6) is 5.75 Å². The van der Waals surface area contributed by atoms with Crippen LogP contribution in [0.15, 0.2) is 21.9 Å². The predicted molar refractivity (Wildman–Crippen MR) is 85.6 cm³/mol. The summed E-state index contributed by atoms with van der Waals surface area (Å²) >= 11 is 3.21. The predicted octanol–water partition coefficient (Wildman–Crippen LogP) is 2.10. The van der Waals surface area contributed by atoms with Crippen LogP contribution in [-0.4, -0.2) is 40.6 Å². The van der Waals surface area contributed by atoms with Crippen LogP contribution in [0.3, 0.4) is 0 Å². The number of halogens is 1. The van der Waals surface area contributed by atoms with Gasteiger partial charge in [-0.2, -0.15) is 0 Å². The molecule has 0 bridgehead atoms. The molecule has 0 aliphatic carbocycles. The van der Waals surface area contributed by atoms with E-state index in [0.29, 0.717) is 4.47 Å². The Morgan fingerprint density at radius 1 is 1.43 bits per heavy atom. The Bertz CT molecular complexity index is 625. The van der Waals surface area contributed by atoms with E-state index >= 15 is 0 Å². The molecule has 0 fully saturated rings. The zero-order chi connectivity index (χ0) is 17.6. The summed E-state index contributed by atoms with van der Waals surface area (Å²) in [6.07, 6.45) is 1.03. The smallest absolute Gasteiger partial charge is 0.314 e. The van der Waals surface area contributed by atoms with Crippen LogP contribution in [0, 0.1) is 0 Å². The van der Waals surface area contributed by atoms with Gasteiger partial charge in [-0.25, -0.2) is 4.98 Å². The SMILES string of the molecule is COc1cc(Br)cnc1C(=O)NC(CC(=O)OC(C)(C)C)=NO. The average molecular weight is 388 g/mol. The van der Waals surface area contributed by atoms with E-state index in [1.54, 1.807) is 26.8 Å². The van der Waals surface area contributed by atoms with E-state index in [0.717, 1.165) is 0 Å². The second-order valence-electron chi connectivity index (χ2n) is 5.47. The fourth-order valence-electron chi connectivity index (χ4n) is 1.56. The van der Waals surface area contributed by atoms with Crippen LogP contribution >= 0.6 is 15.9 Å². The molecule has 0 unspecified atom stereocenters. The number of rotatable bonds is 4. The van der Waals surface area contributed by atoms with Crippen LogP contribution in [0.2, 0.25) is 0 Å². The molecule has 0 aliphatic rings. The first kappa shape index (κ1) is 18.9. The number of nitrogens with zero attached hydrogens (tertiary/aromatic N) is 2. The van der Waals surface area contributed by atoms with E-state index in [9.17, 15) is 9.59 Å². The van der Waals surface area contributed by atoms with Gasteiger partial charge in [0.15, 0.2) is 17.3 Å². The lowest BCUT2D eigenvalue weighted by Gasteiger charge is -2.19. The van der Waals surface area contributed by atoms with Crippen molar-refractivity contribution < 1.29 is 24.3 Å². The minimum Gasteiger partial charge on any atom is -0.494 e. The molecule has 1 heterocycles. The number of hydrogen-bond donors (Lipinski definition) is 2. The van der Waals surface area contributed by atoms with Crippen molar-refractivity contribution >= 4 is 33.6 Å². The Morgan fingerprint density at radius 2 is 2.09 bits per heavy atom. The monoisotopic (exact) mass is 387 g/mol. The lowest BCUT2D eigenvalue weighted by molar-refractivity contribution is -0.153. The largest absolute Gasteiger partial charge is 0.494 e. The molecular formula is C14H18BrN3O5. The van der Waals surface area contributed by atoms with Crippen LogP contribution < -0.4 is 10.1 Å². The van der Waals surface area contributed by atoms with Crippen LogP contribution in [0.25, 0.3) is 0 Å². The van der Waals surface area contributed by atoms with E-state index in [-0.39, 0.29) is 17.3 Å². The molecule has 0 aromatic carbocycles. The molecule has 0 atom stereocenters. The van der Waals surface area contributed by atoms with Crippen LogP contribution in [0.4, 0.5) is 0 Å². The number of carbonyl (C=O) groups is 2. The van der Waals surface area contributed by atoms with Gasteiger partial charge in [-0.05, 0) is 42.8 Å². The summed E-state index contributed by atoms with van der Waals surface area (Å²) in [5.41, 5.74) is -0.695. The first-order chi connectivity index (χ1) is 10.7. The van der Waals surface area contributed by atoms with Gasteiger partial charge in [-0.3, -0.25) is 9.59 Å². The highest BCUT2D eigenvalue weighted by Gasteiger charge is 2.21. The molecule has 1 aromatic heterocycles. The van der Waals surface area contributed by atoms with Gasteiger partial charge in [0.2, 0.25) is 0 Å². The highest BCUT2D eigenvalue weighted by Crippen LogP contribution is 2.20. The lowest BCUT2D eigenvalue weighted by Crippen LogP contribution is -2.35. The standard InChI is InChI=1S/C14H18BrN3O5/c1-14(2,3)23-11(19)6-10(18-21)17-13(20)12-9(22-4)5-8(15)7-16-12/h5,7,21H,6H2,1-4H3,(H,17,18,20). The molecule has 8 nitrogen and oxygen atoms in total. The molecular weight excluding hydrogens is 370 g/mol. The quantitative estimate of drug-likeness (QED) is 0.269. The van der Waals surface area contributed by atoms with Gasteiger partial charge in [-0.1, -0.05) is 5.16 Å². The number of amidine groups is 1. The topological polar surface area (TPSA) is 110 Å². The highest BCUT2D eigenvalue weighted by molar-refractivity contribution is 9.10. The number of esters is 1. The fourth-order valence-corrected chi connectivity index (χ4v) is 1.87. The van der Waals surface area contributed by atoms with Gasteiger partial charge in [0.1, 0.15) is 12.0 Å². The maximum Gasteiger partial charge on any atom is 0.314 e. The summed E-state index contributed by atoms with van der Waals surface area (Å²) in [5, 5.41) is 14.1. The van der Waals surface area contributed by atoms with Crippen molar-refractivity contribution in [2.24, 2.45) is 5.16 Å². The molecule has 9 heteroatoms. The lowest BCUT2D eigenvalue weighted by atomic mass is 10.2. The van der Waals surface area contributed by atoms with E-state index in [1.807, 2.05) is 0 Å². The van der Waals surface area contributed by atoms with E-state index < -0.39 is 23.9 Å². The number of pyridine rings is 1. The number of aromatic nitrogens is 1. The fraction of sp³-hybridized carbons (Fsp3) is 0.429. The van der Waals surface area contributed by atoms with Crippen molar-refractivity contribution in [1.29, 1.82) is 0 Å². The molecule has 1 rings (SSSR count). The molecule has 0 spiro atoms. The number of amides is 1. The number of ether oxygens (including phenoxy) is 2. The van der Waals surface area contributed by atoms with Gasteiger partial charge in [0, 0.05) is 10.7 Å². The van der Waals surface area contributed by atoms with Gasteiger partial charge in [0.25, 0.3) is 5.91 Å². The summed E-state index contributed by atoms with van der Waals surface area (Å²) in [6.45, 7) is 5.11. The van der Waals surface area contributed by atoms with E-state index in [1.165, 1.54) is 13.3 Å². The first-order valence-corrected chi connectivity index (χ1v) is 7.39. The summed E-state index contributed by atoms with van der Waals surface area (Å²) < 4.78 is 10.8. The van der Waals surface area contributed by atoms with Gasteiger partial charge < -0.3 is 20.0 Å². The molecule has 1 aromatic rings. The number of hydrogen-bond acceptors (Lipinski definition) is 7. The second kappa shape index (κ2) is 7.91.